The van der Waals surface area contributed by atoms with Gasteiger partial charge in [0.15, 0.2) is 0 Å². The van der Waals surface area contributed by atoms with Gasteiger partial charge in [-0.3, -0.25) is 9.69 Å². The highest BCUT2D eigenvalue weighted by Gasteiger charge is 2.19. The van der Waals surface area contributed by atoms with Gasteiger partial charge in [0, 0.05) is 43.8 Å². The molecule has 3 rings (SSSR count). The van der Waals surface area contributed by atoms with Crippen molar-refractivity contribution in [1.29, 1.82) is 0 Å². The Morgan fingerprint density at radius 3 is 2.65 bits per heavy atom. The van der Waals surface area contributed by atoms with Gasteiger partial charge < -0.3 is 16.0 Å². The quantitative estimate of drug-likeness (QED) is 0.836. The van der Waals surface area contributed by atoms with Crippen LogP contribution in [-0.2, 0) is 4.79 Å². The van der Waals surface area contributed by atoms with Gasteiger partial charge in [-0.2, -0.15) is 0 Å². The van der Waals surface area contributed by atoms with Crippen molar-refractivity contribution in [2.75, 3.05) is 48.7 Å². The van der Waals surface area contributed by atoms with E-state index >= 15 is 0 Å². The Kier molecular flexibility index (Phi) is 4.73. The number of carbonyl (C=O) groups is 1. The van der Waals surface area contributed by atoms with Crippen LogP contribution in [0.25, 0.3) is 0 Å². The number of pyridine rings is 1. The number of rotatable bonds is 4. The number of hydrogen-bond acceptors (Lipinski definition) is 5. The van der Waals surface area contributed by atoms with Gasteiger partial charge in [-0.15, -0.1) is 0 Å². The number of aromatic nitrogens is 1. The fraction of sp³-hybridized carbons (Fsp3) is 0.294. The van der Waals surface area contributed by atoms with E-state index < -0.39 is 0 Å². The molecule has 1 aliphatic rings. The van der Waals surface area contributed by atoms with Crippen molar-refractivity contribution in [2.24, 2.45) is 0 Å². The van der Waals surface area contributed by atoms with Crippen LogP contribution in [-0.4, -0.2) is 48.5 Å². The first-order valence-corrected chi connectivity index (χ1v) is 7.74. The number of amides is 1. The second kappa shape index (κ2) is 7.11. The lowest BCUT2D eigenvalue weighted by atomic mass is 10.2. The van der Waals surface area contributed by atoms with E-state index in [1.54, 1.807) is 18.3 Å². The van der Waals surface area contributed by atoms with Crippen molar-refractivity contribution in [3.05, 3.63) is 48.7 Å². The summed E-state index contributed by atoms with van der Waals surface area (Å²) in [4.78, 5) is 20.9. The van der Waals surface area contributed by atoms with E-state index in [0.717, 1.165) is 37.7 Å². The number of hydrogen-bond donors (Lipinski definition) is 2. The molecule has 0 atom stereocenters. The molecule has 1 aliphatic heterocycles. The molecule has 1 amide bonds. The smallest absolute Gasteiger partial charge is 0.238 e. The van der Waals surface area contributed by atoms with E-state index in [0.29, 0.717) is 12.2 Å². The Hall–Kier alpha value is -2.60. The van der Waals surface area contributed by atoms with Gasteiger partial charge in [0.05, 0.1) is 6.54 Å². The minimum absolute atomic E-state index is 0.0121. The summed E-state index contributed by atoms with van der Waals surface area (Å²) in [7, 11) is 0. The lowest BCUT2D eigenvalue weighted by Gasteiger charge is -2.34. The lowest BCUT2D eigenvalue weighted by Crippen LogP contribution is -2.48. The van der Waals surface area contributed by atoms with Gasteiger partial charge in [-0.1, -0.05) is 12.1 Å². The zero-order chi connectivity index (χ0) is 16.1. The maximum absolute atomic E-state index is 12.1. The van der Waals surface area contributed by atoms with Gasteiger partial charge in [-0.25, -0.2) is 4.98 Å². The summed E-state index contributed by atoms with van der Waals surface area (Å²) in [5, 5.41) is 2.89. The highest BCUT2D eigenvalue weighted by molar-refractivity contribution is 5.92. The zero-order valence-electron chi connectivity index (χ0n) is 13.0. The van der Waals surface area contributed by atoms with Crippen molar-refractivity contribution in [3.63, 3.8) is 0 Å². The van der Waals surface area contributed by atoms with Crippen LogP contribution in [0.2, 0.25) is 0 Å². The third-order valence-electron chi connectivity index (χ3n) is 3.88. The summed E-state index contributed by atoms with van der Waals surface area (Å²) in [5.41, 5.74) is 7.10. The zero-order valence-corrected chi connectivity index (χ0v) is 13.0. The van der Waals surface area contributed by atoms with Crippen LogP contribution in [0.4, 0.5) is 17.2 Å². The van der Waals surface area contributed by atoms with Gasteiger partial charge in [0.2, 0.25) is 5.91 Å². The maximum Gasteiger partial charge on any atom is 0.238 e. The Morgan fingerprint density at radius 2 is 1.96 bits per heavy atom. The molecule has 0 spiro atoms. The summed E-state index contributed by atoms with van der Waals surface area (Å²) in [6.07, 6.45) is 1.81. The van der Waals surface area contributed by atoms with E-state index in [2.05, 4.69) is 20.1 Å². The number of nitrogen functional groups attached to an aromatic ring is 1. The molecule has 120 valence electrons. The number of anilines is 3. The average molecular weight is 311 g/mol. The van der Waals surface area contributed by atoms with Crippen molar-refractivity contribution in [2.45, 2.75) is 0 Å². The molecule has 1 fully saturated rings. The minimum atomic E-state index is -0.0121. The van der Waals surface area contributed by atoms with E-state index in [-0.39, 0.29) is 5.91 Å². The molecule has 0 bridgehead atoms. The molecule has 23 heavy (non-hydrogen) atoms. The Bertz CT molecular complexity index is 653. The topological polar surface area (TPSA) is 74.5 Å². The number of piperazine rings is 1. The van der Waals surface area contributed by atoms with Crippen LogP contribution in [0.1, 0.15) is 0 Å². The van der Waals surface area contributed by atoms with Crippen LogP contribution >= 0.6 is 0 Å². The minimum Gasteiger partial charge on any atom is -0.399 e. The van der Waals surface area contributed by atoms with E-state index in [1.807, 2.05) is 30.3 Å². The fourth-order valence-corrected chi connectivity index (χ4v) is 2.70. The van der Waals surface area contributed by atoms with Crippen molar-refractivity contribution < 1.29 is 4.79 Å². The Labute approximate surface area is 135 Å². The first-order chi connectivity index (χ1) is 11.2. The first-order valence-electron chi connectivity index (χ1n) is 7.74. The fourth-order valence-electron chi connectivity index (χ4n) is 2.70. The Balaban J connectivity index is 1.48. The molecule has 6 nitrogen and oxygen atoms in total. The number of nitrogens with zero attached hydrogens (tertiary/aromatic N) is 3. The van der Waals surface area contributed by atoms with Crippen LogP contribution in [0.5, 0.6) is 0 Å². The third kappa shape index (κ3) is 4.20. The second-order valence-electron chi connectivity index (χ2n) is 5.62. The van der Waals surface area contributed by atoms with E-state index in [4.69, 9.17) is 5.73 Å². The van der Waals surface area contributed by atoms with Gasteiger partial charge in [0.1, 0.15) is 5.82 Å². The lowest BCUT2D eigenvalue weighted by molar-refractivity contribution is -0.117. The molecule has 6 heteroatoms. The summed E-state index contributed by atoms with van der Waals surface area (Å²) in [5.74, 6) is 0.984. The molecular formula is C17H21N5O. The summed E-state index contributed by atoms with van der Waals surface area (Å²) >= 11 is 0. The molecule has 0 radical (unpaired) electrons. The second-order valence-corrected chi connectivity index (χ2v) is 5.62. The van der Waals surface area contributed by atoms with Crippen LogP contribution in [0, 0.1) is 0 Å². The first kappa shape index (κ1) is 15.3. The summed E-state index contributed by atoms with van der Waals surface area (Å²) in [6.45, 7) is 3.85. The van der Waals surface area contributed by atoms with Crippen LogP contribution in [0.3, 0.4) is 0 Å². The molecule has 0 saturated carbocycles. The molecule has 1 aromatic carbocycles. The molecule has 2 aromatic rings. The van der Waals surface area contributed by atoms with Crippen LogP contribution < -0.4 is 16.0 Å². The van der Waals surface area contributed by atoms with Crippen LogP contribution in [0.15, 0.2) is 48.7 Å². The number of nitrogens with one attached hydrogen (secondary N) is 1. The van der Waals surface area contributed by atoms with E-state index in [1.165, 1.54) is 0 Å². The van der Waals surface area contributed by atoms with Crippen molar-refractivity contribution in [3.8, 4) is 0 Å². The number of carbonyl (C=O) groups excluding carboxylic acids is 1. The summed E-state index contributed by atoms with van der Waals surface area (Å²) < 4.78 is 0. The monoisotopic (exact) mass is 311 g/mol. The van der Waals surface area contributed by atoms with Crippen molar-refractivity contribution >= 4 is 23.1 Å². The maximum atomic E-state index is 12.1. The average Bonchev–Trinajstić information content (AvgIpc) is 2.56. The molecule has 1 aromatic heterocycles. The third-order valence-corrected chi connectivity index (χ3v) is 3.88. The standard InChI is InChI=1S/C17H21N5O/c18-14-4-3-5-15(12-14)20-17(23)13-21-8-10-22(11-9-21)16-6-1-2-7-19-16/h1-7,12H,8-11,13,18H2,(H,20,23). The predicted octanol–water partition coefficient (Wildman–Crippen LogP) is 1.42. The highest BCUT2D eigenvalue weighted by atomic mass is 16.2. The molecule has 0 unspecified atom stereocenters. The summed E-state index contributed by atoms with van der Waals surface area (Å²) in [6, 6.07) is 13.2. The van der Waals surface area contributed by atoms with Gasteiger partial charge in [-0.05, 0) is 30.3 Å². The Morgan fingerprint density at radius 1 is 1.13 bits per heavy atom. The number of nitrogens with two attached hydrogens (primary N) is 1. The molecular weight excluding hydrogens is 290 g/mol. The van der Waals surface area contributed by atoms with Gasteiger partial charge >= 0.3 is 0 Å². The van der Waals surface area contributed by atoms with E-state index in [9.17, 15) is 4.79 Å². The molecule has 0 aliphatic carbocycles. The van der Waals surface area contributed by atoms with Gasteiger partial charge in [0.25, 0.3) is 0 Å². The number of benzene rings is 1. The molecule has 1 saturated heterocycles. The predicted molar refractivity (Wildman–Crippen MR) is 92.4 cm³/mol. The normalized spacial score (nSPS) is 15.4. The molecule has 3 N–H and O–H groups in total. The largest absolute Gasteiger partial charge is 0.399 e. The molecule has 2 heterocycles. The highest BCUT2D eigenvalue weighted by Crippen LogP contribution is 2.14. The SMILES string of the molecule is Nc1cccc(NC(=O)CN2CCN(c3ccccn3)CC2)c1. The van der Waals surface area contributed by atoms with Crippen molar-refractivity contribution in [1.82, 2.24) is 9.88 Å².